The van der Waals surface area contributed by atoms with Crippen LogP contribution in [0.4, 0.5) is 5.69 Å². The first-order valence-electron chi connectivity index (χ1n) is 10.7. The van der Waals surface area contributed by atoms with Crippen molar-refractivity contribution in [1.29, 1.82) is 0 Å². The Kier molecular flexibility index (Phi) is 5.59. The number of anilines is 1. The molecular formula is C24H24ClN5O2. The van der Waals surface area contributed by atoms with Crippen molar-refractivity contribution in [2.75, 3.05) is 24.6 Å². The number of carbonyl (C=O) groups excluding carboxylic acids is 1. The van der Waals surface area contributed by atoms with E-state index in [-0.39, 0.29) is 12.5 Å². The monoisotopic (exact) mass is 449 g/mol. The number of nitrogens with zero attached hydrogens (tertiary/aromatic N) is 2. The zero-order valence-corrected chi connectivity index (χ0v) is 18.2. The largest absolute Gasteiger partial charge is 0.394 e. The minimum atomic E-state index is -0.548. The van der Waals surface area contributed by atoms with Crippen molar-refractivity contribution in [3.05, 3.63) is 71.3 Å². The van der Waals surface area contributed by atoms with Crippen LogP contribution in [0.25, 0.3) is 22.2 Å². The van der Waals surface area contributed by atoms with Gasteiger partial charge in [0.25, 0.3) is 5.91 Å². The van der Waals surface area contributed by atoms with Gasteiger partial charge in [0.15, 0.2) is 0 Å². The van der Waals surface area contributed by atoms with E-state index < -0.39 is 6.04 Å². The Hall–Kier alpha value is -3.29. The van der Waals surface area contributed by atoms with Gasteiger partial charge in [0, 0.05) is 47.0 Å². The van der Waals surface area contributed by atoms with Crippen molar-refractivity contribution in [2.45, 2.75) is 18.9 Å². The first-order chi connectivity index (χ1) is 15.6. The molecule has 32 heavy (non-hydrogen) atoms. The molecular weight excluding hydrogens is 426 g/mol. The summed E-state index contributed by atoms with van der Waals surface area (Å²) in [7, 11) is 0. The minimum absolute atomic E-state index is 0.229. The van der Waals surface area contributed by atoms with E-state index in [0.717, 1.165) is 46.5 Å². The van der Waals surface area contributed by atoms with Gasteiger partial charge in [-0.2, -0.15) is 0 Å². The molecule has 4 heterocycles. The van der Waals surface area contributed by atoms with Crippen molar-refractivity contribution < 1.29 is 9.90 Å². The molecule has 7 nitrogen and oxygen atoms in total. The van der Waals surface area contributed by atoms with Crippen LogP contribution in [0.15, 0.2) is 55.0 Å². The van der Waals surface area contributed by atoms with Crippen molar-refractivity contribution >= 4 is 34.2 Å². The number of benzene rings is 1. The predicted octanol–water partition coefficient (Wildman–Crippen LogP) is 4.28. The van der Waals surface area contributed by atoms with Gasteiger partial charge in [-0.25, -0.2) is 4.98 Å². The van der Waals surface area contributed by atoms with Crippen LogP contribution < -0.4 is 10.2 Å². The Labute approximate surface area is 190 Å². The van der Waals surface area contributed by atoms with Gasteiger partial charge >= 0.3 is 0 Å². The van der Waals surface area contributed by atoms with E-state index >= 15 is 0 Å². The molecule has 1 saturated heterocycles. The molecule has 4 N–H and O–H groups in total. The summed E-state index contributed by atoms with van der Waals surface area (Å²) in [6, 6.07) is 10.5. The van der Waals surface area contributed by atoms with Gasteiger partial charge in [0.2, 0.25) is 0 Å². The molecule has 0 aliphatic carbocycles. The van der Waals surface area contributed by atoms with E-state index in [2.05, 4.69) is 31.2 Å². The molecule has 0 radical (unpaired) electrons. The van der Waals surface area contributed by atoms with E-state index in [0.29, 0.717) is 10.7 Å². The number of fused-ring (bicyclic) bond motifs is 1. The highest BCUT2D eigenvalue weighted by atomic mass is 35.5. The summed E-state index contributed by atoms with van der Waals surface area (Å²) in [5, 5.41) is 14.2. The number of halogens is 1. The van der Waals surface area contributed by atoms with Crippen LogP contribution in [0.2, 0.25) is 5.02 Å². The lowest BCUT2D eigenvalue weighted by Crippen LogP contribution is -2.31. The van der Waals surface area contributed by atoms with Crippen molar-refractivity contribution in [3.63, 3.8) is 0 Å². The Morgan fingerprint density at radius 1 is 1.19 bits per heavy atom. The Bertz CT molecular complexity index is 1260. The summed E-state index contributed by atoms with van der Waals surface area (Å²) < 4.78 is 0. The third kappa shape index (κ3) is 3.97. The number of carbonyl (C=O) groups is 1. The van der Waals surface area contributed by atoms with Gasteiger partial charge in [-0.1, -0.05) is 23.7 Å². The van der Waals surface area contributed by atoms with Crippen molar-refractivity contribution in [3.8, 4) is 11.1 Å². The van der Waals surface area contributed by atoms with Crippen molar-refractivity contribution in [1.82, 2.24) is 20.3 Å². The number of aliphatic hydroxyl groups is 1. The lowest BCUT2D eigenvalue weighted by Gasteiger charge is -2.17. The molecule has 1 aliphatic heterocycles. The second kappa shape index (κ2) is 8.68. The molecule has 0 bridgehead atoms. The molecule has 0 saturated carbocycles. The fourth-order valence-electron chi connectivity index (χ4n) is 4.25. The van der Waals surface area contributed by atoms with Crippen LogP contribution in [0.1, 0.15) is 34.9 Å². The summed E-state index contributed by atoms with van der Waals surface area (Å²) in [5.74, 6) is -0.300. The summed E-state index contributed by atoms with van der Waals surface area (Å²) in [6.07, 6.45) is 8.05. The van der Waals surface area contributed by atoms with E-state index in [1.807, 2.05) is 30.7 Å². The third-order valence-electron chi connectivity index (χ3n) is 5.97. The van der Waals surface area contributed by atoms with Crippen LogP contribution >= 0.6 is 11.6 Å². The maximum atomic E-state index is 12.8. The number of aliphatic hydroxyl groups excluding tert-OH is 1. The molecule has 0 spiro atoms. The van der Waals surface area contributed by atoms with Crippen LogP contribution in [-0.4, -0.2) is 45.7 Å². The number of rotatable bonds is 6. The third-order valence-corrected chi connectivity index (χ3v) is 6.20. The maximum Gasteiger partial charge on any atom is 0.268 e. The van der Waals surface area contributed by atoms with Crippen LogP contribution in [0, 0.1) is 0 Å². The highest BCUT2D eigenvalue weighted by Gasteiger charge is 2.19. The average Bonchev–Trinajstić information content (AvgIpc) is 3.57. The molecule has 1 aromatic carbocycles. The number of aromatic amines is 2. The topological polar surface area (TPSA) is 97.0 Å². The molecule has 8 heteroatoms. The second-order valence-electron chi connectivity index (χ2n) is 8.05. The summed E-state index contributed by atoms with van der Waals surface area (Å²) in [5.41, 5.74) is 4.98. The van der Waals surface area contributed by atoms with Gasteiger partial charge in [0.05, 0.1) is 24.5 Å². The Morgan fingerprint density at radius 2 is 2.03 bits per heavy atom. The number of pyridine rings is 1. The molecule has 3 aromatic heterocycles. The summed E-state index contributed by atoms with van der Waals surface area (Å²) in [6.45, 7) is 1.88. The standard InChI is InChI=1S/C24H24ClN5O2/c25-17-5-3-4-15(8-17)22(14-31)29-24(32)21-9-16(11-26-21)20-13-28-23-19(20)10-18(12-27-23)30-6-1-2-7-30/h3-5,8-13,22,26,31H,1-2,6-7,14H2,(H,27,28)(H,29,32)/t22-/m1/s1. The second-order valence-corrected chi connectivity index (χ2v) is 8.49. The molecule has 1 aliphatic rings. The van der Waals surface area contributed by atoms with Gasteiger partial charge in [0.1, 0.15) is 11.3 Å². The average molecular weight is 450 g/mol. The number of nitrogens with one attached hydrogen (secondary N) is 3. The van der Waals surface area contributed by atoms with Gasteiger partial charge in [-0.15, -0.1) is 0 Å². The van der Waals surface area contributed by atoms with E-state index in [1.165, 1.54) is 12.8 Å². The van der Waals surface area contributed by atoms with Crippen LogP contribution in [0.3, 0.4) is 0 Å². The van der Waals surface area contributed by atoms with Crippen molar-refractivity contribution in [2.24, 2.45) is 0 Å². The Morgan fingerprint density at radius 3 is 2.81 bits per heavy atom. The van der Waals surface area contributed by atoms with Gasteiger partial charge in [-0.05, 0) is 42.7 Å². The first kappa shape index (κ1) is 20.6. The highest BCUT2D eigenvalue weighted by Crippen LogP contribution is 2.32. The highest BCUT2D eigenvalue weighted by molar-refractivity contribution is 6.30. The molecule has 0 unspecified atom stereocenters. The SMILES string of the molecule is O=C(N[C@H](CO)c1cccc(Cl)c1)c1cc(-c2c[nH]c3ncc(N4CCCC4)cc23)c[nH]1. The van der Waals surface area contributed by atoms with E-state index in [4.69, 9.17) is 11.6 Å². The normalized spacial score (nSPS) is 14.8. The lowest BCUT2D eigenvalue weighted by molar-refractivity contribution is 0.0912. The van der Waals surface area contributed by atoms with Gasteiger partial charge < -0.3 is 25.3 Å². The zero-order chi connectivity index (χ0) is 22.1. The minimum Gasteiger partial charge on any atom is -0.394 e. The molecule has 1 amide bonds. The van der Waals surface area contributed by atoms with Crippen LogP contribution in [-0.2, 0) is 0 Å². The molecule has 5 rings (SSSR count). The van der Waals surface area contributed by atoms with Crippen LogP contribution in [0.5, 0.6) is 0 Å². The molecule has 1 fully saturated rings. The fraction of sp³-hybridized carbons (Fsp3) is 0.250. The number of aromatic nitrogens is 3. The molecule has 164 valence electrons. The fourth-order valence-corrected chi connectivity index (χ4v) is 4.45. The zero-order valence-electron chi connectivity index (χ0n) is 17.4. The van der Waals surface area contributed by atoms with E-state index in [1.54, 1.807) is 18.2 Å². The Balaban J connectivity index is 1.39. The van der Waals surface area contributed by atoms with Gasteiger partial charge in [-0.3, -0.25) is 4.79 Å². The number of amides is 1. The quantitative estimate of drug-likeness (QED) is 0.353. The summed E-state index contributed by atoms with van der Waals surface area (Å²) >= 11 is 6.05. The summed E-state index contributed by atoms with van der Waals surface area (Å²) in [4.78, 5) is 26.0. The molecule has 4 aromatic rings. The predicted molar refractivity (Wildman–Crippen MR) is 126 cm³/mol. The number of H-pyrrole nitrogens is 2. The first-order valence-corrected chi connectivity index (χ1v) is 11.1. The lowest BCUT2D eigenvalue weighted by atomic mass is 10.1. The van der Waals surface area contributed by atoms with E-state index in [9.17, 15) is 9.90 Å². The number of hydrogen-bond donors (Lipinski definition) is 4. The smallest absolute Gasteiger partial charge is 0.268 e. The maximum absolute atomic E-state index is 12.8. The molecule has 1 atom stereocenters. The number of hydrogen-bond acceptors (Lipinski definition) is 4.